The normalized spacial score (nSPS) is 19.1. The van der Waals surface area contributed by atoms with Crippen molar-refractivity contribution in [3.05, 3.63) is 59.8 Å². The first-order valence-electron chi connectivity index (χ1n) is 7.15. The molecule has 0 saturated carbocycles. The monoisotopic (exact) mass is 268 g/mol. The summed E-state index contributed by atoms with van der Waals surface area (Å²) in [6, 6.07) is 15.2. The molecule has 1 aliphatic rings. The Labute approximate surface area is 120 Å². The SMILES string of the molecule is COc1ccc(C2CCCN2Cc2ccccc2)cn1. The average Bonchev–Trinajstić information content (AvgIpc) is 2.96. The van der Waals surface area contributed by atoms with E-state index in [0.29, 0.717) is 11.9 Å². The van der Waals surface area contributed by atoms with Crippen LogP contribution >= 0.6 is 0 Å². The van der Waals surface area contributed by atoms with Gasteiger partial charge in [0.05, 0.1) is 7.11 Å². The fourth-order valence-corrected chi connectivity index (χ4v) is 2.92. The molecule has 2 heterocycles. The first-order chi connectivity index (χ1) is 9.86. The molecule has 104 valence electrons. The number of ether oxygens (including phenoxy) is 1. The smallest absolute Gasteiger partial charge is 0.212 e. The highest BCUT2D eigenvalue weighted by Gasteiger charge is 2.26. The van der Waals surface area contributed by atoms with Gasteiger partial charge in [-0.15, -0.1) is 0 Å². The summed E-state index contributed by atoms with van der Waals surface area (Å²) in [5.41, 5.74) is 2.67. The molecule has 1 aromatic heterocycles. The second-order valence-electron chi connectivity index (χ2n) is 5.25. The number of hydrogen-bond acceptors (Lipinski definition) is 3. The maximum atomic E-state index is 5.13. The van der Waals surface area contributed by atoms with E-state index in [-0.39, 0.29) is 0 Å². The Balaban J connectivity index is 1.74. The van der Waals surface area contributed by atoms with Crippen LogP contribution in [-0.2, 0) is 6.54 Å². The van der Waals surface area contributed by atoms with Gasteiger partial charge >= 0.3 is 0 Å². The van der Waals surface area contributed by atoms with Crippen molar-refractivity contribution in [3.63, 3.8) is 0 Å². The Morgan fingerprint density at radius 3 is 2.75 bits per heavy atom. The summed E-state index contributed by atoms with van der Waals surface area (Å²) >= 11 is 0. The van der Waals surface area contributed by atoms with E-state index in [9.17, 15) is 0 Å². The van der Waals surface area contributed by atoms with Gasteiger partial charge in [-0.25, -0.2) is 4.98 Å². The number of benzene rings is 1. The number of aromatic nitrogens is 1. The molecule has 1 unspecified atom stereocenters. The highest BCUT2D eigenvalue weighted by Crippen LogP contribution is 2.33. The van der Waals surface area contributed by atoms with Gasteiger partial charge in [-0.05, 0) is 30.5 Å². The molecule has 1 aliphatic heterocycles. The molecule has 0 radical (unpaired) electrons. The zero-order valence-electron chi connectivity index (χ0n) is 11.8. The Morgan fingerprint density at radius 2 is 2.05 bits per heavy atom. The van der Waals surface area contributed by atoms with Crippen molar-refractivity contribution in [1.29, 1.82) is 0 Å². The van der Waals surface area contributed by atoms with Gasteiger partial charge < -0.3 is 4.74 Å². The molecule has 3 nitrogen and oxygen atoms in total. The third-order valence-corrected chi connectivity index (χ3v) is 3.95. The molecule has 0 N–H and O–H groups in total. The van der Waals surface area contributed by atoms with Crippen molar-refractivity contribution in [2.45, 2.75) is 25.4 Å². The summed E-state index contributed by atoms with van der Waals surface area (Å²) < 4.78 is 5.13. The molecule has 3 rings (SSSR count). The Bertz CT molecular complexity index is 539. The first kappa shape index (κ1) is 13.1. The summed E-state index contributed by atoms with van der Waals surface area (Å²) in [6.07, 6.45) is 4.41. The van der Waals surface area contributed by atoms with Gasteiger partial charge in [0.25, 0.3) is 0 Å². The lowest BCUT2D eigenvalue weighted by Crippen LogP contribution is -2.22. The van der Waals surface area contributed by atoms with Gasteiger partial charge in [0.15, 0.2) is 0 Å². The van der Waals surface area contributed by atoms with Crippen molar-refractivity contribution in [2.24, 2.45) is 0 Å². The number of pyridine rings is 1. The van der Waals surface area contributed by atoms with Gasteiger partial charge in [-0.1, -0.05) is 36.4 Å². The minimum atomic E-state index is 0.480. The summed E-state index contributed by atoms with van der Waals surface area (Å²) in [5, 5.41) is 0. The minimum absolute atomic E-state index is 0.480. The summed E-state index contributed by atoms with van der Waals surface area (Å²) in [7, 11) is 1.65. The van der Waals surface area contributed by atoms with E-state index in [1.807, 2.05) is 12.3 Å². The highest BCUT2D eigenvalue weighted by atomic mass is 16.5. The minimum Gasteiger partial charge on any atom is -0.481 e. The van der Waals surface area contributed by atoms with Crippen molar-refractivity contribution in [3.8, 4) is 5.88 Å². The quantitative estimate of drug-likeness (QED) is 0.849. The van der Waals surface area contributed by atoms with E-state index in [2.05, 4.69) is 46.3 Å². The summed E-state index contributed by atoms with van der Waals surface area (Å²) in [4.78, 5) is 6.87. The second-order valence-corrected chi connectivity index (χ2v) is 5.25. The topological polar surface area (TPSA) is 25.4 Å². The van der Waals surface area contributed by atoms with Crippen LogP contribution < -0.4 is 4.74 Å². The predicted molar refractivity (Wildman–Crippen MR) is 79.6 cm³/mol. The fraction of sp³-hybridized carbons (Fsp3) is 0.353. The lowest BCUT2D eigenvalue weighted by molar-refractivity contribution is 0.248. The number of nitrogens with zero attached hydrogens (tertiary/aromatic N) is 2. The van der Waals surface area contributed by atoms with Crippen LogP contribution in [-0.4, -0.2) is 23.5 Å². The fourth-order valence-electron chi connectivity index (χ4n) is 2.92. The van der Waals surface area contributed by atoms with Crippen LogP contribution in [0.3, 0.4) is 0 Å². The third-order valence-electron chi connectivity index (χ3n) is 3.95. The van der Waals surface area contributed by atoms with Gasteiger partial charge in [0.2, 0.25) is 5.88 Å². The molecule has 1 fully saturated rings. The second kappa shape index (κ2) is 6.06. The molecule has 0 amide bonds. The number of rotatable bonds is 4. The summed E-state index contributed by atoms with van der Waals surface area (Å²) in [6.45, 7) is 2.17. The van der Waals surface area contributed by atoms with E-state index in [4.69, 9.17) is 4.74 Å². The van der Waals surface area contributed by atoms with Crippen LogP contribution in [0.1, 0.15) is 30.0 Å². The van der Waals surface area contributed by atoms with Crippen molar-refractivity contribution in [2.75, 3.05) is 13.7 Å². The van der Waals surface area contributed by atoms with Crippen LogP contribution in [0.25, 0.3) is 0 Å². The zero-order valence-corrected chi connectivity index (χ0v) is 11.8. The Morgan fingerprint density at radius 1 is 1.20 bits per heavy atom. The van der Waals surface area contributed by atoms with Crippen molar-refractivity contribution < 1.29 is 4.74 Å². The van der Waals surface area contributed by atoms with Crippen molar-refractivity contribution >= 4 is 0 Å². The van der Waals surface area contributed by atoms with Gasteiger partial charge in [0.1, 0.15) is 0 Å². The van der Waals surface area contributed by atoms with E-state index in [0.717, 1.165) is 13.1 Å². The molecule has 1 atom stereocenters. The largest absolute Gasteiger partial charge is 0.481 e. The molecule has 1 aromatic carbocycles. The number of methoxy groups -OCH3 is 1. The Kier molecular flexibility index (Phi) is 3.97. The molecule has 0 spiro atoms. The van der Waals surface area contributed by atoms with Crippen molar-refractivity contribution in [1.82, 2.24) is 9.88 Å². The molecular formula is C17H20N2O. The van der Waals surface area contributed by atoms with E-state index >= 15 is 0 Å². The average molecular weight is 268 g/mol. The molecule has 0 aliphatic carbocycles. The van der Waals surface area contributed by atoms with Crippen LogP contribution in [0.15, 0.2) is 48.7 Å². The molecular weight excluding hydrogens is 248 g/mol. The number of likely N-dealkylation sites (tertiary alicyclic amines) is 1. The predicted octanol–water partition coefficient (Wildman–Crippen LogP) is 3.43. The van der Waals surface area contributed by atoms with E-state index in [1.54, 1.807) is 7.11 Å². The lowest BCUT2D eigenvalue weighted by atomic mass is 10.1. The van der Waals surface area contributed by atoms with E-state index in [1.165, 1.54) is 24.0 Å². The maximum absolute atomic E-state index is 5.13. The maximum Gasteiger partial charge on any atom is 0.212 e. The molecule has 20 heavy (non-hydrogen) atoms. The van der Waals surface area contributed by atoms with Crippen LogP contribution in [0.2, 0.25) is 0 Å². The van der Waals surface area contributed by atoms with Crippen LogP contribution in [0.5, 0.6) is 5.88 Å². The Hall–Kier alpha value is -1.87. The number of hydrogen-bond donors (Lipinski definition) is 0. The first-order valence-corrected chi connectivity index (χ1v) is 7.15. The molecule has 3 heteroatoms. The lowest BCUT2D eigenvalue weighted by Gasteiger charge is -2.24. The highest BCUT2D eigenvalue weighted by molar-refractivity contribution is 5.22. The van der Waals surface area contributed by atoms with Gasteiger partial charge in [0, 0.05) is 24.8 Å². The molecule has 2 aromatic rings. The van der Waals surface area contributed by atoms with Gasteiger partial charge in [-0.2, -0.15) is 0 Å². The standard InChI is InChI=1S/C17H20N2O/c1-20-17-10-9-15(12-18-17)16-8-5-11-19(16)13-14-6-3-2-4-7-14/h2-4,6-7,9-10,12,16H,5,8,11,13H2,1H3. The zero-order chi connectivity index (χ0) is 13.8. The third kappa shape index (κ3) is 2.83. The molecule has 1 saturated heterocycles. The van der Waals surface area contributed by atoms with E-state index < -0.39 is 0 Å². The van der Waals surface area contributed by atoms with Gasteiger partial charge in [-0.3, -0.25) is 4.90 Å². The molecule has 0 bridgehead atoms. The van der Waals surface area contributed by atoms with Crippen LogP contribution in [0.4, 0.5) is 0 Å². The van der Waals surface area contributed by atoms with Crippen LogP contribution in [0, 0.1) is 0 Å². The summed E-state index contributed by atoms with van der Waals surface area (Å²) in [5.74, 6) is 0.682.